The predicted molar refractivity (Wildman–Crippen MR) is 142 cm³/mol. The SMILES string of the molecule is CCCCCc1ccc(C(c2ccc(CCCCC)cc2)c2cccc3cccnc23)cc1. The molecule has 0 fully saturated rings. The van der Waals surface area contributed by atoms with Gasteiger partial charge in [0.15, 0.2) is 0 Å². The van der Waals surface area contributed by atoms with E-state index in [1.165, 1.54) is 84.6 Å². The second kappa shape index (κ2) is 11.8. The van der Waals surface area contributed by atoms with Gasteiger partial charge in [0.25, 0.3) is 0 Å². The summed E-state index contributed by atoms with van der Waals surface area (Å²) in [6.07, 6.45) is 11.9. The van der Waals surface area contributed by atoms with Crippen LogP contribution in [0.4, 0.5) is 0 Å². The van der Waals surface area contributed by atoms with Crippen molar-refractivity contribution in [3.63, 3.8) is 0 Å². The quantitative estimate of drug-likeness (QED) is 0.169. The summed E-state index contributed by atoms with van der Waals surface area (Å²) in [5.41, 5.74) is 7.94. The Morgan fingerprint density at radius 2 is 1.15 bits per heavy atom. The molecule has 1 heteroatoms. The first kappa shape index (κ1) is 23.2. The molecular weight excluding hydrogens is 398 g/mol. The number of rotatable bonds is 11. The van der Waals surface area contributed by atoms with Crippen LogP contribution in [0, 0.1) is 0 Å². The Morgan fingerprint density at radius 1 is 0.606 bits per heavy atom. The van der Waals surface area contributed by atoms with E-state index in [4.69, 9.17) is 4.98 Å². The topological polar surface area (TPSA) is 12.9 Å². The number of fused-ring (bicyclic) bond motifs is 1. The molecule has 33 heavy (non-hydrogen) atoms. The van der Waals surface area contributed by atoms with Crippen molar-refractivity contribution >= 4 is 10.9 Å². The summed E-state index contributed by atoms with van der Waals surface area (Å²) in [6.45, 7) is 4.53. The molecule has 0 amide bonds. The van der Waals surface area contributed by atoms with Crippen molar-refractivity contribution in [2.75, 3.05) is 0 Å². The van der Waals surface area contributed by atoms with Gasteiger partial charge in [-0.25, -0.2) is 0 Å². The predicted octanol–water partition coefficient (Wildman–Crippen LogP) is 8.88. The Labute approximate surface area is 199 Å². The number of unbranched alkanes of at least 4 members (excludes halogenated alkanes) is 4. The van der Waals surface area contributed by atoms with Crippen LogP contribution >= 0.6 is 0 Å². The van der Waals surface area contributed by atoms with Crippen LogP contribution in [0.3, 0.4) is 0 Å². The first-order valence-corrected chi connectivity index (χ1v) is 12.8. The Kier molecular flexibility index (Phi) is 8.30. The molecule has 0 radical (unpaired) electrons. The van der Waals surface area contributed by atoms with Crippen LogP contribution in [0.25, 0.3) is 10.9 Å². The van der Waals surface area contributed by atoms with Gasteiger partial charge in [0.05, 0.1) is 5.52 Å². The van der Waals surface area contributed by atoms with E-state index in [0.29, 0.717) is 0 Å². The van der Waals surface area contributed by atoms with E-state index >= 15 is 0 Å². The first-order chi connectivity index (χ1) is 16.3. The second-order valence-corrected chi connectivity index (χ2v) is 9.25. The minimum atomic E-state index is 0.179. The van der Waals surface area contributed by atoms with Crippen LogP contribution in [0.1, 0.15) is 86.1 Å². The molecule has 0 N–H and O–H groups in total. The number of pyridine rings is 1. The second-order valence-electron chi connectivity index (χ2n) is 9.25. The van der Waals surface area contributed by atoms with Gasteiger partial charge >= 0.3 is 0 Å². The molecule has 0 aliphatic carbocycles. The van der Waals surface area contributed by atoms with Crippen molar-refractivity contribution in [3.05, 3.63) is 113 Å². The van der Waals surface area contributed by atoms with Crippen LogP contribution in [0.15, 0.2) is 85.1 Å². The molecular formula is C32H37N. The monoisotopic (exact) mass is 435 g/mol. The van der Waals surface area contributed by atoms with E-state index < -0.39 is 0 Å². The maximum atomic E-state index is 4.79. The molecule has 0 saturated heterocycles. The first-order valence-electron chi connectivity index (χ1n) is 12.8. The van der Waals surface area contributed by atoms with Gasteiger partial charge in [-0.2, -0.15) is 0 Å². The third-order valence-electron chi connectivity index (χ3n) is 6.74. The average Bonchev–Trinajstić information content (AvgIpc) is 2.86. The Hall–Kier alpha value is -2.93. The van der Waals surface area contributed by atoms with Crippen molar-refractivity contribution in [1.82, 2.24) is 4.98 Å². The van der Waals surface area contributed by atoms with Gasteiger partial charge in [-0.3, -0.25) is 4.98 Å². The number of aryl methyl sites for hydroxylation is 2. The summed E-state index contributed by atoms with van der Waals surface area (Å²) in [4.78, 5) is 4.79. The van der Waals surface area contributed by atoms with Crippen LogP contribution in [-0.2, 0) is 12.8 Å². The zero-order valence-electron chi connectivity index (χ0n) is 20.3. The highest BCUT2D eigenvalue weighted by atomic mass is 14.7. The Morgan fingerprint density at radius 3 is 1.70 bits per heavy atom. The maximum absolute atomic E-state index is 4.79. The molecule has 1 aromatic heterocycles. The van der Waals surface area contributed by atoms with Crippen LogP contribution in [0.2, 0.25) is 0 Å². The number of hydrogen-bond acceptors (Lipinski definition) is 1. The zero-order chi connectivity index (χ0) is 22.9. The molecule has 0 unspecified atom stereocenters. The highest BCUT2D eigenvalue weighted by Gasteiger charge is 2.20. The fraction of sp³-hybridized carbons (Fsp3) is 0.344. The van der Waals surface area contributed by atoms with Crippen molar-refractivity contribution in [3.8, 4) is 0 Å². The third-order valence-corrected chi connectivity index (χ3v) is 6.74. The van der Waals surface area contributed by atoms with Crippen LogP contribution in [-0.4, -0.2) is 4.98 Å². The van der Waals surface area contributed by atoms with E-state index in [1.54, 1.807) is 0 Å². The normalized spacial score (nSPS) is 11.4. The van der Waals surface area contributed by atoms with Gasteiger partial charge in [-0.05, 0) is 59.6 Å². The van der Waals surface area contributed by atoms with E-state index in [-0.39, 0.29) is 5.92 Å². The average molecular weight is 436 g/mol. The molecule has 4 aromatic rings. The number of nitrogens with zero attached hydrogens (tertiary/aromatic N) is 1. The number of para-hydroxylation sites is 1. The lowest BCUT2D eigenvalue weighted by Gasteiger charge is -2.21. The van der Waals surface area contributed by atoms with Crippen molar-refractivity contribution < 1.29 is 0 Å². The minimum absolute atomic E-state index is 0.179. The largest absolute Gasteiger partial charge is 0.256 e. The molecule has 1 heterocycles. The number of benzene rings is 3. The van der Waals surface area contributed by atoms with Crippen molar-refractivity contribution in [2.24, 2.45) is 0 Å². The molecule has 170 valence electrons. The Balaban J connectivity index is 1.70. The molecule has 0 aliphatic rings. The summed E-state index contributed by atoms with van der Waals surface area (Å²) >= 11 is 0. The van der Waals surface area contributed by atoms with Gasteiger partial charge in [0, 0.05) is 17.5 Å². The smallest absolute Gasteiger partial charge is 0.0743 e. The van der Waals surface area contributed by atoms with E-state index in [0.717, 1.165) is 5.52 Å². The maximum Gasteiger partial charge on any atom is 0.0743 e. The van der Waals surface area contributed by atoms with Gasteiger partial charge in [0.1, 0.15) is 0 Å². The highest BCUT2D eigenvalue weighted by Crippen LogP contribution is 2.36. The zero-order valence-corrected chi connectivity index (χ0v) is 20.3. The van der Waals surface area contributed by atoms with E-state index in [9.17, 15) is 0 Å². The van der Waals surface area contributed by atoms with Gasteiger partial charge in [-0.15, -0.1) is 0 Å². The molecule has 0 atom stereocenters. The standard InChI is InChI=1S/C32H37N/c1-3-5-7-11-25-16-20-27(21-17-25)31(28-22-18-26(19-23-28)12-8-6-4-2)30-15-9-13-29-14-10-24-33-32(29)30/h9-10,13-24,31H,3-8,11-12H2,1-2H3. The molecule has 4 rings (SSSR count). The van der Waals surface area contributed by atoms with Crippen molar-refractivity contribution in [2.45, 2.75) is 71.1 Å². The lowest BCUT2D eigenvalue weighted by molar-refractivity contribution is 0.717. The fourth-order valence-electron chi connectivity index (χ4n) is 4.82. The van der Waals surface area contributed by atoms with Gasteiger partial charge in [0.2, 0.25) is 0 Å². The number of aromatic nitrogens is 1. The summed E-state index contributed by atoms with van der Waals surface area (Å²) in [5, 5.41) is 1.20. The van der Waals surface area contributed by atoms with Crippen molar-refractivity contribution in [1.29, 1.82) is 0 Å². The molecule has 0 saturated carbocycles. The summed E-state index contributed by atoms with van der Waals surface area (Å²) in [5.74, 6) is 0.179. The number of hydrogen-bond donors (Lipinski definition) is 0. The van der Waals surface area contributed by atoms with E-state index in [1.807, 2.05) is 12.3 Å². The fourth-order valence-corrected chi connectivity index (χ4v) is 4.82. The summed E-state index contributed by atoms with van der Waals surface area (Å²) < 4.78 is 0. The molecule has 1 nitrogen and oxygen atoms in total. The molecule has 0 aliphatic heterocycles. The molecule has 3 aromatic carbocycles. The lowest BCUT2D eigenvalue weighted by atomic mass is 9.83. The Bertz CT molecular complexity index is 1070. The molecule has 0 bridgehead atoms. The van der Waals surface area contributed by atoms with Crippen LogP contribution < -0.4 is 0 Å². The van der Waals surface area contributed by atoms with Gasteiger partial charge < -0.3 is 0 Å². The minimum Gasteiger partial charge on any atom is -0.256 e. The van der Waals surface area contributed by atoms with Crippen LogP contribution in [0.5, 0.6) is 0 Å². The highest BCUT2D eigenvalue weighted by molar-refractivity contribution is 5.83. The third kappa shape index (κ3) is 5.90. The van der Waals surface area contributed by atoms with E-state index in [2.05, 4.69) is 86.6 Å². The lowest BCUT2D eigenvalue weighted by Crippen LogP contribution is -2.05. The molecule has 0 spiro atoms. The summed E-state index contributed by atoms with van der Waals surface area (Å²) in [6, 6.07) is 29.4. The summed E-state index contributed by atoms with van der Waals surface area (Å²) in [7, 11) is 0. The van der Waals surface area contributed by atoms with Gasteiger partial charge in [-0.1, -0.05) is 112 Å².